The average Bonchev–Trinajstić information content (AvgIpc) is 2.69. The maximum absolute atomic E-state index is 9.63. The van der Waals surface area contributed by atoms with Gasteiger partial charge in [0.05, 0.1) is 6.61 Å². The lowest BCUT2D eigenvalue weighted by Gasteiger charge is -2.34. The Morgan fingerprint density at radius 1 is 1.00 bits per heavy atom. The van der Waals surface area contributed by atoms with Crippen molar-refractivity contribution < 1.29 is 9.47 Å². The van der Waals surface area contributed by atoms with Crippen LogP contribution >= 0.6 is 0 Å². The molecule has 0 unspecified atom stereocenters. The molecule has 26 heavy (non-hydrogen) atoms. The zero-order valence-electron chi connectivity index (χ0n) is 15.4. The Kier molecular flexibility index (Phi) is 6.11. The van der Waals surface area contributed by atoms with Gasteiger partial charge in [0.1, 0.15) is 24.0 Å². The Morgan fingerprint density at radius 3 is 2.38 bits per heavy atom. The molecule has 0 aliphatic carbocycles. The van der Waals surface area contributed by atoms with Crippen LogP contribution < -0.4 is 9.64 Å². The van der Waals surface area contributed by atoms with Gasteiger partial charge in [-0.05, 0) is 30.8 Å². The summed E-state index contributed by atoms with van der Waals surface area (Å²) in [6.07, 6.45) is 0. The largest absolute Gasteiger partial charge is 0.490 e. The number of hydrogen-bond acceptors (Lipinski definition) is 5. The van der Waals surface area contributed by atoms with Crippen molar-refractivity contribution in [2.75, 3.05) is 58.5 Å². The standard InChI is InChI=1S/C21H25N3O2/c1-23-10-12-24(13-11-23)18-8-6-17(7-9-18)19-4-3-5-21(20(19)16-22)26-15-14-25-2/h3-9H,10-15H2,1-2H3. The van der Waals surface area contributed by atoms with Gasteiger partial charge in [-0.25, -0.2) is 0 Å². The number of ether oxygens (including phenoxy) is 2. The van der Waals surface area contributed by atoms with Crippen molar-refractivity contribution >= 4 is 5.69 Å². The maximum Gasteiger partial charge on any atom is 0.137 e. The van der Waals surface area contributed by atoms with Crippen LogP contribution in [-0.2, 0) is 4.74 Å². The van der Waals surface area contributed by atoms with Crippen molar-refractivity contribution in [3.05, 3.63) is 48.0 Å². The molecule has 3 rings (SSSR count). The Balaban J connectivity index is 1.80. The van der Waals surface area contributed by atoms with Crippen molar-refractivity contribution in [2.45, 2.75) is 0 Å². The van der Waals surface area contributed by atoms with Crippen LogP contribution in [0.4, 0.5) is 5.69 Å². The zero-order chi connectivity index (χ0) is 18.4. The summed E-state index contributed by atoms with van der Waals surface area (Å²) in [6.45, 7) is 5.18. The van der Waals surface area contributed by atoms with Crippen LogP contribution in [-0.4, -0.2) is 58.5 Å². The number of piperazine rings is 1. The van der Waals surface area contributed by atoms with Crippen LogP contribution in [0.25, 0.3) is 11.1 Å². The van der Waals surface area contributed by atoms with E-state index in [1.807, 2.05) is 18.2 Å². The van der Waals surface area contributed by atoms with Crippen LogP contribution in [0.15, 0.2) is 42.5 Å². The number of nitriles is 1. The van der Waals surface area contributed by atoms with Crippen LogP contribution in [0.1, 0.15) is 5.56 Å². The smallest absolute Gasteiger partial charge is 0.137 e. The molecule has 0 N–H and O–H groups in total. The summed E-state index contributed by atoms with van der Waals surface area (Å²) in [7, 11) is 3.79. The molecule has 0 aromatic heterocycles. The minimum absolute atomic E-state index is 0.428. The van der Waals surface area contributed by atoms with E-state index in [0.29, 0.717) is 24.5 Å². The van der Waals surface area contributed by atoms with Crippen LogP contribution in [0.2, 0.25) is 0 Å². The van der Waals surface area contributed by atoms with Gasteiger partial charge in [0.15, 0.2) is 0 Å². The van der Waals surface area contributed by atoms with E-state index >= 15 is 0 Å². The summed E-state index contributed by atoms with van der Waals surface area (Å²) < 4.78 is 10.7. The van der Waals surface area contributed by atoms with Gasteiger partial charge < -0.3 is 19.3 Å². The number of anilines is 1. The Labute approximate surface area is 155 Å². The van der Waals surface area contributed by atoms with E-state index in [1.165, 1.54) is 5.69 Å². The molecule has 0 radical (unpaired) electrons. The van der Waals surface area contributed by atoms with E-state index in [0.717, 1.165) is 37.3 Å². The molecule has 0 amide bonds. The third kappa shape index (κ3) is 4.16. The van der Waals surface area contributed by atoms with E-state index in [9.17, 15) is 5.26 Å². The number of nitrogens with zero attached hydrogens (tertiary/aromatic N) is 3. The molecule has 1 heterocycles. The van der Waals surface area contributed by atoms with Gasteiger partial charge in [0.2, 0.25) is 0 Å². The van der Waals surface area contributed by atoms with Gasteiger partial charge >= 0.3 is 0 Å². The maximum atomic E-state index is 9.63. The fourth-order valence-electron chi connectivity index (χ4n) is 3.16. The number of methoxy groups -OCH3 is 1. The van der Waals surface area contributed by atoms with Gasteiger partial charge in [-0.15, -0.1) is 0 Å². The fraction of sp³-hybridized carbons (Fsp3) is 0.381. The molecular weight excluding hydrogens is 326 g/mol. The summed E-state index contributed by atoms with van der Waals surface area (Å²) in [5, 5.41) is 9.63. The summed E-state index contributed by atoms with van der Waals surface area (Å²) in [5.74, 6) is 0.602. The molecule has 1 fully saturated rings. The highest BCUT2D eigenvalue weighted by Gasteiger charge is 2.15. The van der Waals surface area contributed by atoms with Crippen molar-refractivity contribution in [3.8, 4) is 22.9 Å². The molecule has 0 bridgehead atoms. The number of benzene rings is 2. The van der Waals surface area contributed by atoms with Crippen molar-refractivity contribution in [1.29, 1.82) is 5.26 Å². The molecule has 1 aliphatic rings. The average molecular weight is 351 g/mol. The third-order valence-corrected chi connectivity index (χ3v) is 4.73. The van der Waals surface area contributed by atoms with Crippen LogP contribution in [0, 0.1) is 11.3 Å². The molecule has 2 aromatic carbocycles. The monoisotopic (exact) mass is 351 g/mol. The number of rotatable bonds is 6. The van der Waals surface area contributed by atoms with E-state index in [4.69, 9.17) is 9.47 Å². The van der Waals surface area contributed by atoms with Crippen molar-refractivity contribution in [1.82, 2.24) is 4.90 Å². The van der Waals surface area contributed by atoms with Gasteiger partial charge in [-0.1, -0.05) is 24.3 Å². The Hall–Kier alpha value is -2.55. The highest BCUT2D eigenvalue weighted by atomic mass is 16.5. The lowest BCUT2D eigenvalue weighted by atomic mass is 9.99. The second kappa shape index (κ2) is 8.70. The van der Waals surface area contributed by atoms with Gasteiger partial charge in [-0.2, -0.15) is 5.26 Å². The molecular formula is C21H25N3O2. The van der Waals surface area contributed by atoms with Crippen LogP contribution in [0.3, 0.4) is 0 Å². The molecule has 0 saturated carbocycles. The summed E-state index contributed by atoms with van der Waals surface area (Å²) in [6, 6.07) is 16.5. The highest BCUT2D eigenvalue weighted by molar-refractivity contribution is 5.75. The molecule has 1 aliphatic heterocycles. The quantitative estimate of drug-likeness (QED) is 0.749. The predicted octanol–water partition coefficient (Wildman–Crippen LogP) is 3.00. The first kappa shape index (κ1) is 18.2. The molecule has 1 saturated heterocycles. The SMILES string of the molecule is COCCOc1cccc(-c2ccc(N3CCN(C)CC3)cc2)c1C#N. The summed E-state index contributed by atoms with van der Waals surface area (Å²) >= 11 is 0. The second-order valence-electron chi connectivity index (χ2n) is 6.47. The van der Waals surface area contributed by atoms with Crippen LogP contribution in [0.5, 0.6) is 5.75 Å². The van der Waals surface area contributed by atoms with Gasteiger partial charge in [0, 0.05) is 44.5 Å². The molecule has 2 aromatic rings. The summed E-state index contributed by atoms with van der Waals surface area (Å²) in [4.78, 5) is 4.75. The first-order valence-electron chi connectivity index (χ1n) is 8.91. The predicted molar refractivity (Wildman–Crippen MR) is 104 cm³/mol. The Bertz CT molecular complexity index is 760. The summed E-state index contributed by atoms with van der Waals surface area (Å²) in [5.41, 5.74) is 3.72. The topological polar surface area (TPSA) is 48.7 Å². The minimum Gasteiger partial charge on any atom is -0.490 e. The molecule has 0 spiro atoms. The second-order valence-corrected chi connectivity index (χ2v) is 6.47. The van der Waals surface area contributed by atoms with Gasteiger partial charge in [0.25, 0.3) is 0 Å². The molecule has 5 heteroatoms. The third-order valence-electron chi connectivity index (χ3n) is 4.73. The molecule has 0 atom stereocenters. The number of hydrogen-bond donors (Lipinski definition) is 0. The molecule has 5 nitrogen and oxygen atoms in total. The first-order valence-corrected chi connectivity index (χ1v) is 8.91. The lowest BCUT2D eigenvalue weighted by molar-refractivity contribution is 0.146. The normalized spacial score (nSPS) is 14.9. The zero-order valence-corrected chi connectivity index (χ0v) is 15.4. The minimum atomic E-state index is 0.428. The van der Waals surface area contributed by atoms with E-state index in [-0.39, 0.29) is 0 Å². The molecule has 136 valence electrons. The van der Waals surface area contributed by atoms with E-state index < -0.39 is 0 Å². The number of likely N-dealkylation sites (N-methyl/N-ethyl adjacent to an activating group) is 1. The Morgan fingerprint density at radius 2 is 1.73 bits per heavy atom. The lowest BCUT2D eigenvalue weighted by Crippen LogP contribution is -2.44. The van der Waals surface area contributed by atoms with E-state index in [1.54, 1.807) is 7.11 Å². The highest BCUT2D eigenvalue weighted by Crippen LogP contribution is 2.31. The fourth-order valence-corrected chi connectivity index (χ4v) is 3.16. The van der Waals surface area contributed by atoms with Crippen molar-refractivity contribution in [3.63, 3.8) is 0 Å². The first-order chi connectivity index (χ1) is 12.7. The van der Waals surface area contributed by atoms with Gasteiger partial charge in [-0.3, -0.25) is 0 Å². The van der Waals surface area contributed by atoms with Crippen molar-refractivity contribution in [2.24, 2.45) is 0 Å². The van der Waals surface area contributed by atoms with E-state index in [2.05, 4.69) is 47.2 Å².